The van der Waals surface area contributed by atoms with Gasteiger partial charge in [0.1, 0.15) is 30.2 Å². The van der Waals surface area contributed by atoms with Crippen LogP contribution in [0.25, 0.3) is 11.0 Å². The first-order chi connectivity index (χ1) is 15.8. The summed E-state index contributed by atoms with van der Waals surface area (Å²) >= 11 is 0. The highest BCUT2D eigenvalue weighted by Crippen LogP contribution is 2.29. The summed E-state index contributed by atoms with van der Waals surface area (Å²) in [5.41, 5.74) is 1.23. The molecule has 1 aromatic heterocycles. The van der Waals surface area contributed by atoms with Gasteiger partial charge < -0.3 is 24.5 Å². The highest BCUT2D eigenvalue weighted by Gasteiger charge is 2.18. The van der Waals surface area contributed by atoms with Gasteiger partial charge in [0.2, 0.25) is 0 Å². The van der Waals surface area contributed by atoms with E-state index in [1.807, 2.05) is 6.92 Å². The monoisotopic (exact) mass is 456 g/mol. The highest BCUT2D eigenvalue weighted by molar-refractivity contribution is 6.05. The van der Waals surface area contributed by atoms with Crippen LogP contribution in [0.4, 0.5) is 14.9 Å². The molecule has 0 aliphatic heterocycles. The van der Waals surface area contributed by atoms with E-state index in [0.717, 1.165) is 16.9 Å². The molecule has 2 N–H and O–H groups in total. The predicted octanol–water partition coefficient (Wildman–Crippen LogP) is 4.46. The molecule has 1 heterocycles. The molecule has 0 unspecified atom stereocenters. The molecule has 0 radical (unpaired) electrons. The second kappa shape index (κ2) is 10.6. The van der Waals surface area contributed by atoms with Gasteiger partial charge in [-0.2, -0.15) is 0 Å². The molecular weight excluding hydrogens is 431 g/mol. The number of nitrogens with zero attached hydrogens (tertiary/aromatic N) is 1. The first-order valence-electron chi connectivity index (χ1n) is 10.5. The first-order valence-corrected chi connectivity index (χ1v) is 10.5. The standard InChI is InChI=1S/C24H25FN2O6/c1-3-4-18-20(32-12-11-25)10-7-16-13-19(23(29)33-21(16)18)22(28)26-17-8-5-15(6-9-17)14-27(2)24(30)31/h5-10,13H,3-4,11-12,14H2,1-2H3,(H,26,28)(H,30,31). The van der Waals surface area contributed by atoms with Crippen LogP contribution in [0.1, 0.15) is 34.8 Å². The van der Waals surface area contributed by atoms with Crippen LogP contribution in [0.3, 0.4) is 0 Å². The lowest BCUT2D eigenvalue weighted by atomic mass is 10.0. The zero-order valence-electron chi connectivity index (χ0n) is 18.4. The van der Waals surface area contributed by atoms with Gasteiger partial charge in [0.15, 0.2) is 0 Å². The fraction of sp³-hybridized carbons (Fsp3) is 0.292. The molecule has 33 heavy (non-hydrogen) atoms. The second-order valence-electron chi connectivity index (χ2n) is 7.49. The number of carbonyl (C=O) groups excluding carboxylic acids is 1. The maximum atomic E-state index is 12.7. The Balaban J connectivity index is 1.84. The van der Waals surface area contributed by atoms with E-state index in [-0.39, 0.29) is 18.7 Å². The zero-order valence-corrected chi connectivity index (χ0v) is 18.4. The Labute approximate surface area is 189 Å². The number of carboxylic acid groups (broad SMARTS) is 1. The lowest BCUT2D eigenvalue weighted by molar-refractivity contribution is 0.102. The van der Waals surface area contributed by atoms with E-state index in [2.05, 4.69) is 5.32 Å². The molecule has 0 saturated heterocycles. The second-order valence-corrected chi connectivity index (χ2v) is 7.49. The van der Waals surface area contributed by atoms with Crippen molar-refractivity contribution in [3.8, 4) is 5.75 Å². The van der Waals surface area contributed by atoms with Crippen molar-refractivity contribution in [1.82, 2.24) is 4.90 Å². The van der Waals surface area contributed by atoms with Crippen LogP contribution in [0.2, 0.25) is 0 Å². The van der Waals surface area contributed by atoms with E-state index in [0.29, 0.717) is 34.4 Å². The molecule has 8 nitrogen and oxygen atoms in total. The zero-order chi connectivity index (χ0) is 24.0. The van der Waals surface area contributed by atoms with Crippen molar-refractivity contribution in [1.29, 1.82) is 0 Å². The van der Waals surface area contributed by atoms with E-state index in [9.17, 15) is 18.8 Å². The molecule has 0 saturated carbocycles. The maximum absolute atomic E-state index is 12.7. The molecule has 174 valence electrons. The summed E-state index contributed by atoms with van der Waals surface area (Å²) in [6, 6.07) is 11.4. The molecule has 9 heteroatoms. The Bertz CT molecular complexity index is 1210. The number of hydrogen-bond acceptors (Lipinski definition) is 5. The number of ether oxygens (including phenoxy) is 1. The maximum Gasteiger partial charge on any atom is 0.407 e. The van der Waals surface area contributed by atoms with Crippen molar-refractivity contribution < 1.29 is 28.2 Å². The molecule has 2 amide bonds. The number of halogens is 1. The molecule has 3 aromatic rings. The molecule has 0 fully saturated rings. The van der Waals surface area contributed by atoms with Gasteiger partial charge in [0, 0.05) is 30.2 Å². The van der Waals surface area contributed by atoms with Gasteiger partial charge in [-0.05, 0) is 42.3 Å². The van der Waals surface area contributed by atoms with E-state index in [4.69, 9.17) is 14.3 Å². The van der Waals surface area contributed by atoms with Crippen LogP contribution >= 0.6 is 0 Å². The van der Waals surface area contributed by atoms with Crippen molar-refractivity contribution >= 4 is 28.7 Å². The van der Waals surface area contributed by atoms with Crippen LogP contribution in [0, 0.1) is 0 Å². The largest absolute Gasteiger partial charge is 0.490 e. The highest BCUT2D eigenvalue weighted by atomic mass is 19.1. The average Bonchev–Trinajstić information content (AvgIpc) is 2.79. The fourth-order valence-corrected chi connectivity index (χ4v) is 3.39. The van der Waals surface area contributed by atoms with Crippen LogP contribution in [-0.4, -0.2) is 42.3 Å². The van der Waals surface area contributed by atoms with E-state index >= 15 is 0 Å². The summed E-state index contributed by atoms with van der Waals surface area (Å²) in [6.45, 7) is 1.43. The van der Waals surface area contributed by atoms with Gasteiger partial charge in [0.05, 0.1) is 0 Å². The predicted molar refractivity (Wildman–Crippen MR) is 122 cm³/mol. The number of amides is 2. The third-order valence-electron chi connectivity index (χ3n) is 5.00. The minimum Gasteiger partial charge on any atom is -0.490 e. The molecule has 0 atom stereocenters. The topological polar surface area (TPSA) is 109 Å². The van der Waals surface area contributed by atoms with Gasteiger partial charge in [-0.1, -0.05) is 25.5 Å². The first kappa shape index (κ1) is 23.8. The van der Waals surface area contributed by atoms with Crippen molar-refractivity contribution in [2.24, 2.45) is 0 Å². The van der Waals surface area contributed by atoms with Crippen LogP contribution in [-0.2, 0) is 13.0 Å². The Hall–Kier alpha value is -3.88. The third kappa shape index (κ3) is 5.68. The Morgan fingerprint density at radius 3 is 2.55 bits per heavy atom. The number of aryl methyl sites for hydroxylation is 1. The van der Waals surface area contributed by atoms with Crippen molar-refractivity contribution in [2.75, 3.05) is 25.6 Å². The normalized spacial score (nSPS) is 10.8. The number of benzene rings is 2. The van der Waals surface area contributed by atoms with Gasteiger partial charge in [-0.3, -0.25) is 4.79 Å². The number of hydrogen-bond donors (Lipinski definition) is 2. The summed E-state index contributed by atoms with van der Waals surface area (Å²) in [7, 11) is 1.46. The molecule has 0 aliphatic rings. The Morgan fingerprint density at radius 1 is 1.18 bits per heavy atom. The number of alkyl halides is 1. The lowest BCUT2D eigenvalue weighted by Gasteiger charge is -2.13. The van der Waals surface area contributed by atoms with E-state index in [1.54, 1.807) is 36.4 Å². The van der Waals surface area contributed by atoms with E-state index < -0.39 is 24.3 Å². The quantitative estimate of drug-likeness (QED) is 0.460. The summed E-state index contributed by atoms with van der Waals surface area (Å²) < 4.78 is 23.5. The number of fused-ring (bicyclic) bond motifs is 1. The summed E-state index contributed by atoms with van der Waals surface area (Å²) in [5.74, 6) is -0.174. The Morgan fingerprint density at radius 2 is 1.91 bits per heavy atom. The van der Waals surface area contributed by atoms with Crippen molar-refractivity contribution in [2.45, 2.75) is 26.3 Å². The minimum atomic E-state index is -1.04. The van der Waals surface area contributed by atoms with Gasteiger partial charge in [-0.25, -0.2) is 14.0 Å². The smallest absolute Gasteiger partial charge is 0.407 e. The summed E-state index contributed by atoms with van der Waals surface area (Å²) in [5, 5.41) is 12.2. The minimum absolute atomic E-state index is 0.0989. The van der Waals surface area contributed by atoms with Gasteiger partial charge in [0.25, 0.3) is 5.91 Å². The van der Waals surface area contributed by atoms with E-state index in [1.165, 1.54) is 13.1 Å². The van der Waals surface area contributed by atoms with Crippen molar-refractivity contribution in [3.05, 3.63) is 69.6 Å². The molecule has 0 bridgehead atoms. The molecule has 2 aromatic carbocycles. The molecule has 0 aliphatic carbocycles. The third-order valence-corrected chi connectivity index (χ3v) is 5.00. The Kier molecular flexibility index (Phi) is 7.66. The SMILES string of the molecule is CCCc1c(OCCF)ccc2cc(C(=O)Nc3ccc(CN(C)C(=O)O)cc3)c(=O)oc12. The van der Waals surface area contributed by atoms with Gasteiger partial charge in [-0.15, -0.1) is 0 Å². The lowest BCUT2D eigenvalue weighted by Crippen LogP contribution is -2.24. The average molecular weight is 456 g/mol. The fourth-order valence-electron chi connectivity index (χ4n) is 3.39. The summed E-state index contributed by atoms with van der Waals surface area (Å²) in [6.07, 6.45) is 0.283. The number of anilines is 1. The number of nitrogens with one attached hydrogen (secondary N) is 1. The van der Waals surface area contributed by atoms with Gasteiger partial charge >= 0.3 is 11.7 Å². The van der Waals surface area contributed by atoms with Crippen molar-refractivity contribution in [3.63, 3.8) is 0 Å². The van der Waals surface area contributed by atoms with Crippen LogP contribution in [0.5, 0.6) is 5.75 Å². The number of carbonyl (C=O) groups is 2. The van der Waals surface area contributed by atoms with Crippen LogP contribution < -0.4 is 15.7 Å². The van der Waals surface area contributed by atoms with Crippen LogP contribution in [0.15, 0.2) is 51.7 Å². The molecule has 0 spiro atoms. The summed E-state index contributed by atoms with van der Waals surface area (Å²) in [4.78, 5) is 37.4. The number of rotatable bonds is 9. The molecular formula is C24H25FN2O6. The molecule has 3 rings (SSSR count).